The van der Waals surface area contributed by atoms with E-state index in [4.69, 9.17) is 6.03 Å². The van der Waals surface area contributed by atoms with Gasteiger partial charge in [-0.25, -0.2) is 0 Å². The summed E-state index contributed by atoms with van der Waals surface area (Å²) in [6, 6.07) is 14.6. The molecule has 2 aromatic rings. The van der Waals surface area contributed by atoms with Gasteiger partial charge in [-0.2, -0.15) is 0 Å². The van der Waals surface area contributed by atoms with Crippen LogP contribution in [0.2, 0.25) is 0 Å². The van der Waals surface area contributed by atoms with Crippen LogP contribution in [-0.4, -0.2) is 130 Å². The minimum absolute atomic E-state index is 0. The molecule has 0 amide bonds. The summed E-state index contributed by atoms with van der Waals surface area (Å²) in [4.78, 5) is 22.1. The predicted octanol–water partition coefficient (Wildman–Crippen LogP) is -3.70. The Hall–Kier alpha value is 0.416. The number of hydrogen-bond donors (Lipinski definition) is 0. The summed E-state index contributed by atoms with van der Waals surface area (Å²) in [5.74, 6) is -0.816. The van der Waals surface area contributed by atoms with E-state index in [1.54, 1.807) is 12.1 Å². The average Bonchev–Trinajstić information content (AvgIpc) is 2.65. The molecule has 4 radical (unpaired) electrons. The molecule has 0 spiro atoms. The zero-order valence-corrected chi connectivity index (χ0v) is 24.8. The summed E-state index contributed by atoms with van der Waals surface area (Å²) >= 11 is 4.82. The van der Waals surface area contributed by atoms with Crippen molar-refractivity contribution in [3.05, 3.63) is 48.5 Å². The van der Waals surface area contributed by atoms with Gasteiger partial charge in [-0.15, -0.1) is 0 Å². The Morgan fingerprint density at radius 1 is 0.710 bits per heavy atom. The Bertz CT molecular complexity index is 682. The van der Waals surface area contributed by atoms with E-state index in [1.807, 2.05) is 36.4 Å². The van der Waals surface area contributed by atoms with Crippen LogP contribution in [0.15, 0.2) is 58.3 Å². The predicted molar refractivity (Wildman–Crippen MR) is 117 cm³/mol. The van der Waals surface area contributed by atoms with Crippen molar-refractivity contribution < 1.29 is 47.7 Å². The van der Waals surface area contributed by atoms with Gasteiger partial charge in [0.25, 0.3) is 0 Å². The van der Waals surface area contributed by atoms with E-state index in [2.05, 4.69) is 0 Å². The number of carbonyl (C=O) groups is 2. The second kappa shape index (κ2) is 25.0. The molecule has 0 saturated heterocycles. The maximum atomic E-state index is 10.2. The molecule has 0 fully saturated rings. The molecular formula is C16H20CaO10S2Sb2. The fourth-order valence-electron chi connectivity index (χ4n) is 1.56. The van der Waals surface area contributed by atoms with Gasteiger partial charge in [0.1, 0.15) is 0 Å². The van der Waals surface area contributed by atoms with Crippen molar-refractivity contribution in [2.45, 2.75) is 9.79 Å². The van der Waals surface area contributed by atoms with E-state index in [0.717, 1.165) is 9.79 Å². The Labute approximate surface area is 246 Å². The largest absolute Gasteiger partial charge is 2.00 e. The zero-order chi connectivity index (χ0) is 19.4. The molecule has 31 heavy (non-hydrogen) atoms. The molecular weight excluding hydrogens is 700 g/mol. The number of carbonyl (C=O) groups excluding carboxylic acids is 2. The van der Waals surface area contributed by atoms with Gasteiger partial charge in [-0.1, -0.05) is 0 Å². The molecule has 0 bridgehead atoms. The molecule has 8 N–H and O–H groups in total. The summed E-state index contributed by atoms with van der Waals surface area (Å²) in [5, 5.41) is 20.4. The maximum Gasteiger partial charge on any atom is 2.00 e. The van der Waals surface area contributed by atoms with Gasteiger partial charge in [0.05, 0.1) is 0 Å². The van der Waals surface area contributed by atoms with Crippen molar-refractivity contribution >= 4 is 120 Å². The first-order valence-corrected chi connectivity index (χ1v) is 11.0. The molecule has 0 heterocycles. The van der Waals surface area contributed by atoms with Gasteiger partial charge in [0.2, 0.25) is 0 Å². The SMILES string of the molecule is O.O.O.O.O=C([O-])CSc1ccccc1[O][Sb].O=C([O-])CSc1ccccc1[O][Sb].[Ca+2]. The third kappa shape index (κ3) is 18.5. The van der Waals surface area contributed by atoms with E-state index >= 15 is 0 Å². The Kier molecular flexibility index (Phi) is 33.7. The summed E-state index contributed by atoms with van der Waals surface area (Å²) in [5.41, 5.74) is 0. The molecule has 10 nitrogen and oxygen atoms in total. The monoisotopic (exact) mass is 718 g/mol. The Morgan fingerprint density at radius 3 is 1.26 bits per heavy atom. The van der Waals surface area contributed by atoms with E-state index in [-0.39, 0.29) is 71.1 Å². The van der Waals surface area contributed by atoms with Crippen LogP contribution in [0.25, 0.3) is 0 Å². The molecule has 0 aromatic heterocycles. The normalized spacial score (nSPS) is 8.06. The number of thioether (sulfide) groups is 2. The quantitative estimate of drug-likeness (QED) is 0.195. The van der Waals surface area contributed by atoms with E-state index in [9.17, 15) is 19.8 Å². The summed E-state index contributed by atoms with van der Waals surface area (Å²) in [6.07, 6.45) is 0. The smallest absolute Gasteiger partial charge is 2.00 e. The summed E-state index contributed by atoms with van der Waals surface area (Å²) < 4.78 is 10.2. The average molecular weight is 720 g/mol. The fraction of sp³-hybridized carbons (Fsp3) is 0.125. The number of carboxylic acid groups (broad SMARTS) is 2. The Morgan fingerprint density at radius 2 is 1.00 bits per heavy atom. The number of hydrogen-bond acceptors (Lipinski definition) is 8. The van der Waals surface area contributed by atoms with Crippen LogP contribution in [0.4, 0.5) is 0 Å². The first-order valence-electron chi connectivity index (χ1n) is 6.94. The minimum atomic E-state index is -1.07. The molecule has 168 valence electrons. The van der Waals surface area contributed by atoms with Crippen molar-refractivity contribution in [3.63, 3.8) is 0 Å². The van der Waals surface area contributed by atoms with Crippen molar-refractivity contribution in [1.82, 2.24) is 0 Å². The van der Waals surface area contributed by atoms with Crippen LogP contribution >= 0.6 is 23.5 Å². The van der Waals surface area contributed by atoms with Crippen LogP contribution in [-0.2, 0) is 9.59 Å². The van der Waals surface area contributed by atoms with Gasteiger partial charge >= 0.3 is 227 Å². The number of carboxylic acids is 2. The summed E-state index contributed by atoms with van der Waals surface area (Å²) in [6.45, 7) is 0. The Balaban J connectivity index is -0.000000125. The van der Waals surface area contributed by atoms with Crippen LogP contribution in [0.3, 0.4) is 0 Å². The number of benzene rings is 2. The van der Waals surface area contributed by atoms with E-state index in [0.29, 0.717) is 11.5 Å². The van der Waals surface area contributed by atoms with Crippen LogP contribution in [0.1, 0.15) is 0 Å². The molecule has 0 aliphatic rings. The molecule has 2 aromatic carbocycles. The van der Waals surface area contributed by atoms with Gasteiger partial charge in [-0.3, -0.25) is 0 Å². The van der Waals surface area contributed by atoms with Crippen LogP contribution in [0, 0.1) is 0 Å². The van der Waals surface area contributed by atoms with E-state index < -0.39 is 11.9 Å². The molecule has 0 aliphatic heterocycles. The maximum absolute atomic E-state index is 10.2. The van der Waals surface area contributed by atoms with Crippen molar-refractivity contribution in [2.24, 2.45) is 0 Å². The van der Waals surface area contributed by atoms with Gasteiger partial charge in [0, 0.05) is 0 Å². The standard InChI is InChI=1S/2C8H8O3S.Ca.4H2O.2Sb/c2*9-6-3-1-2-4-7(6)12-5-8(10)11;;;;;;;/h2*1-4,9H,5H2,(H,10,11);;4*1H2;;/q;;+2;;;;;2*+1/p-4. The van der Waals surface area contributed by atoms with Crippen LogP contribution < -0.4 is 16.2 Å². The van der Waals surface area contributed by atoms with Crippen molar-refractivity contribution in [2.75, 3.05) is 11.5 Å². The minimum Gasteiger partial charge on any atom is 2.00 e. The number of aliphatic carboxylic acids is 2. The van der Waals surface area contributed by atoms with Gasteiger partial charge < -0.3 is 21.9 Å². The summed E-state index contributed by atoms with van der Waals surface area (Å²) in [7, 11) is 0. The number of para-hydroxylation sites is 2. The zero-order valence-electron chi connectivity index (χ0n) is 15.9. The van der Waals surface area contributed by atoms with E-state index in [1.165, 1.54) is 70.4 Å². The molecule has 2 rings (SSSR count). The first kappa shape index (κ1) is 41.7. The molecule has 0 saturated carbocycles. The molecule has 0 unspecified atom stereocenters. The number of rotatable bonds is 8. The third-order valence-corrected chi connectivity index (χ3v) is 5.77. The second-order valence-corrected chi connectivity index (χ2v) is 7.47. The van der Waals surface area contributed by atoms with Crippen molar-refractivity contribution in [3.8, 4) is 11.5 Å². The topological polar surface area (TPSA) is 225 Å². The van der Waals surface area contributed by atoms with Gasteiger partial charge in [-0.05, 0) is 0 Å². The molecule has 15 heteroatoms. The van der Waals surface area contributed by atoms with Gasteiger partial charge in [0.15, 0.2) is 0 Å². The van der Waals surface area contributed by atoms with Crippen molar-refractivity contribution in [1.29, 1.82) is 0 Å². The second-order valence-electron chi connectivity index (χ2n) is 4.40. The third-order valence-electron chi connectivity index (χ3n) is 2.59. The molecule has 0 aliphatic carbocycles. The van der Waals surface area contributed by atoms with Crippen LogP contribution in [0.5, 0.6) is 11.5 Å². The molecule has 0 atom stereocenters. The fourth-order valence-corrected chi connectivity index (χ4v) is 4.24. The first-order chi connectivity index (χ1) is 12.5.